The molecule has 212 valence electrons. The van der Waals surface area contributed by atoms with Gasteiger partial charge in [-0.1, -0.05) is 91.0 Å². The Labute approximate surface area is 251 Å². The van der Waals surface area contributed by atoms with Gasteiger partial charge >= 0.3 is 0 Å². The summed E-state index contributed by atoms with van der Waals surface area (Å²) >= 11 is 0. The molecule has 0 aliphatic carbocycles. The fourth-order valence-corrected chi connectivity index (χ4v) is 4.75. The van der Waals surface area contributed by atoms with Gasteiger partial charge in [-0.3, -0.25) is 4.79 Å². The first-order valence-corrected chi connectivity index (χ1v) is 14.2. The first kappa shape index (κ1) is 27.5. The van der Waals surface area contributed by atoms with E-state index in [0.717, 1.165) is 33.6 Å². The zero-order chi connectivity index (χ0) is 29.3. The number of nitrogens with zero attached hydrogens (tertiary/aromatic N) is 2. The molecule has 0 aliphatic rings. The summed E-state index contributed by atoms with van der Waals surface area (Å²) in [7, 11) is 0. The lowest BCUT2D eigenvalue weighted by molar-refractivity contribution is 0.0951. The molecule has 0 spiro atoms. The molecule has 6 aromatic rings. The van der Waals surface area contributed by atoms with E-state index in [2.05, 4.69) is 10.4 Å². The highest BCUT2D eigenvalue weighted by atomic mass is 16.5. The van der Waals surface area contributed by atoms with Crippen LogP contribution in [0.15, 0.2) is 146 Å². The maximum atomic E-state index is 12.8. The van der Waals surface area contributed by atoms with Crippen LogP contribution in [0.25, 0.3) is 16.9 Å². The highest BCUT2D eigenvalue weighted by Gasteiger charge is 2.15. The van der Waals surface area contributed by atoms with Crippen LogP contribution in [-0.2, 0) is 19.8 Å². The number of benzene rings is 5. The first-order valence-electron chi connectivity index (χ1n) is 14.2. The molecule has 1 heterocycles. The summed E-state index contributed by atoms with van der Waals surface area (Å²) in [5.41, 5.74) is 6.37. The fraction of sp³-hybridized carbons (Fsp3) is 0.0811. The van der Waals surface area contributed by atoms with Crippen LogP contribution in [0.5, 0.6) is 11.5 Å². The maximum Gasteiger partial charge on any atom is 0.251 e. The molecule has 1 amide bonds. The second kappa shape index (κ2) is 13.4. The van der Waals surface area contributed by atoms with Crippen LogP contribution in [0.4, 0.5) is 0 Å². The average molecular weight is 566 g/mol. The van der Waals surface area contributed by atoms with E-state index in [1.165, 1.54) is 0 Å². The van der Waals surface area contributed by atoms with Gasteiger partial charge in [-0.15, -0.1) is 0 Å². The molecule has 6 heteroatoms. The maximum absolute atomic E-state index is 12.8. The number of carbonyl (C=O) groups excluding carboxylic acids is 1. The predicted molar refractivity (Wildman–Crippen MR) is 168 cm³/mol. The second-order valence-electron chi connectivity index (χ2n) is 10.0. The van der Waals surface area contributed by atoms with Gasteiger partial charge in [-0.2, -0.15) is 5.10 Å². The Bertz CT molecular complexity index is 1770. The van der Waals surface area contributed by atoms with Crippen molar-refractivity contribution in [3.05, 3.63) is 168 Å². The van der Waals surface area contributed by atoms with E-state index in [1.54, 1.807) is 6.20 Å². The van der Waals surface area contributed by atoms with Gasteiger partial charge in [-0.05, 0) is 59.2 Å². The molecular formula is C37H31N3O3. The normalized spacial score (nSPS) is 10.7. The topological polar surface area (TPSA) is 65.4 Å². The van der Waals surface area contributed by atoms with E-state index in [0.29, 0.717) is 36.8 Å². The Morgan fingerprint density at radius 1 is 0.651 bits per heavy atom. The molecule has 5 aromatic carbocycles. The van der Waals surface area contributed by atoms with Gasteiger partial charge in [0.15, 0.2) is 0 Å². The van der Waals surface area contributed by atoms with Gasteiger partial charge in [0.25, 0.3) is 5.91 Å². The lowest BCUT2D eigenvalue weighted by Crippen LogP contribution is -2.22. The number of aromatic nitrogens is 2. The monoisotopic (exact) mass is 565 g/mol. The molecule has 6 nitrogen and oxygen atoms in total. The highest BCUT2D eigenvalue weighted by Crippen LogP contribution is 2.35. The largest absolute Gasteiger partial charge is 0.489 e. The van der Waals surface area contributed by atoms with Gasteiger partial charge in [0.05, 0.1) is 17.6 Å². The van der Waals surface area contributed by atoms with Crippen LogP contribution in [0, 0.1) is 0 Å². The molecule has 1 N–H and O–H groups in total. The molecule has 1 aromatic heterocycles. The van der Waals surface area contributed by atoms with Crippen LogP contribution in [0.1, 0.15) is 27.0 Å². The van der Waals surface area contributed by atoms with Crippen molar-refractivity contribution in [1.82, 2.24) is 15.1 Å². The van der Waals surface area contributed by atoms with Crippen LogP contribution in [0.3, 0.4) is 0 Å². The third-order valence-electron chi connectivity index (χ3n) is 7.03. The van der Waals surface area contributed by atoms with Crippen molar-refractivity contribution in [2.75, 3.05) is 0 Å². The van der Waals surface area contributed by atoms with Crippen LogP contribution in [-0.4, -0.2) is 15.7 Å². The highest BCUT2D eigenvalue weighted by molar-refractivity contribution is 5.94. The molecule has 0 saturated heterocycles. The van der Waals surface area contributed by atoms with Crippen molar-refractivity contribution in [1.29, 1.82) is 0 Å². The van der Waals surface area contributed by atoms with Gasteiger partial charge in [0, 0.05) is 23.7 Å². The quantitative estimate of drug-likeness (QED) is 0.175. The lowest BCUT2D eigenvalue weighted by Gasteiger charge is -2.16. The molecule has 6 rings (SSSR count). The van der Waals surface area contributed by atoms with Crippen molar-refractivity contribution < 1.29 is 14.3 Å². The minimum absolute atomic E-state index is 0.126. The van der Waals surface area contributed by atoms with Crippen LogP contribution in [0.2, 0.25) is 0 Å². The van der Waals surface area contributed by atoms with E-state index < -0.39 is 0 Å². The minimum atomic E-state index is -0.126. The Kier molecular flexibility index (Phi) is 8.56. The van der Waals surface area contributed by atoms with Gasteiger partial charge < -0.3 is 14.8 Å². The number of ether oxygens (including phenoxy) is 2. The van der Waals surface area contributed by atoms with Gasteiger partial charge in [0.1, 0.15) is 24.7 Å². The summed E-state index contributed by atoms with van der Waals surface area (Å²) in [6.45, 7) is 1.35. The van der Waals surface area contributed by atoms with E-state index in [4.69, 9.17) is 9.47 Å². The number of rotatable bonds is 11. The lowest BCUT2D eigenvalue weighted by atomic mass is 10.1. The summed E-state index contributed by atoms with van der Waals surface area (Å²) in [6, 6.07) is 45.3. The van der Waals surface area contributed by atoms with Gasteiger partial charge in [0.2, 0.25) is 0 Å². The molecule has 0 unspecified atom stereocenters. The van der Waals surface area contributed by atoms with Crippen LogP contribution < -0.4 is 14.8 Å². The summed E-state index contributed by atoms with van der Waals surface area (Å²) in [5, 5.41) is 7.58. The Balaban J connectivity index is 1.23. The Morgan fingerprint density at radius 3 is 1.91 bits per heavy atom. The smallest absolute Gasteiger partial charge is 0.251 e. The van der Waals surface area contributed by atoms with E-state index >= 15 is 0 Å². The molecule has 0 fully saturated rings. The van der Waals surface area contributed by atoms with Crippen molar-refractivity contribution in [3.8, 4) is 28.4 Å². The fourth-order valence-electron chi connectivity index (χ4n) is 4.75. The van der Waals surface area contributed by atoms with E-state index in [1.807, 2.05) is 144 Å². The van der Waals surface area contributed by atoms with Gasteiger partial charge in [-0.25, -0.2) is 4.68 Å². The van der Waals surface area contributed by atoms with E-state index in [9.17, 15) is 4.79 Å². The average Bonchev–Trinajstić information content (AvgIpc) is 3.57. The van der Waals surface area contributed by atoms with Crippen molar-refractivity contribution >= 4 is 5.91 Å². The molecule has 0 bridgehead atoms. The van der Waals surface area contributed by atoms with E-state index in [-0.39, 0.29) is 5.91 Å². The minimum Gasteiger partial charge on any atom is -0.489 e. The van der Waals surface area contributed by atoms with Crippen molar-refractivity contribution in [3.63, 3.8) is 0 Å². The second-order valence-corrected chi connectivity index (χ2v) is 10.0. The van der Waals surface area contributed by atoms with Crippen LogP contribution >= 0.6 is 0 Å². The number of nitrogens with one attached hydrogen (secondary N) is 1. The summed E-state index contributed by atoms with van der Waals surface area (Å²) in [4.78, 5) is 12.8. The zero-order valence-electron chi connectivity index (χ0n) is 23.6. The Morgan fingerprint density at radius 2 is 1.26 bits per heavy atom. The number of amides is 1. The molecular weight excluding hydrogens is 534 g/mol. The number of carbonyl (C=O) groups is 1. The van der Waals surface area contributed by atoms with Crippen molar-refractivity contribution in [2.24, 2.45) is 0 Å². The summed E-state index contributed by atoms with van der Waals surface area (Å²) < 4.78 is 14.3. The third-order valence-corrected chi connectivity index (χ3v) is 7.03. The van der Waals surface area contributed by atoms with Crippen molar-refractivity contribution in [2.45, 2.75) is 19.8 Å². The number of hydrogen-bond donors (Lipinski definition) is 1. The molecule has 0 atom stereocenters. The molecule has 0 saturated carbocycles. The third kappa shape index (κ3) is 7.00. The standard InChI is InChI=1S/C37H31N3O3/c41-37(38-25-28-10-4-1-5-11-28)31-16-18-32(19-17-31)40-35(22-23-39-40)34-21-20-33(42-26-29-12-6-2-7-13-29)24-36(34)43-27-30-14-8-3-9-15-30/h1-24H,25-27H2,(H,38,41). The Hall–Kier alpha value is -5.62. The SMILES string of the molecule is O=C(NCc1ccccc1)c1ccc(-n2nccc2-c2ccc(OCc3ccccc3)cc2OCc2ccccc2)cc1. The zero-order valence-corrected chi connectivity index (χ0v) is 23.6. The molecule has 43 heavy (non-hydrogen) atoms. The molecule has 0 radical (unpaired) electrons. The predicted octanol–water partition coefficient (Wildman–Crippen LogP) is 7.63. The summed E-state index contributed by atoms with van der Waals surface area (Å²) in [5.74, 6) is 1.28. The summed E-state index contributed by atoms with van der Waals surface area (Å²) in [6.07, 6.45) is 1.76. The number of hydrogen-bond acceptors (Lipinski definition) is 4. The molecule has 0 aliphatic heterocycles. The first-order chi connectivity index (χ1) is 21.2.